The van der Waals surface area contributed by atoms with Crippen LogP contribution < -0.4 is 4.74 Å². The summed E-state index contributed by atoms with van der Waals surface area (Å²) < 4.78 is 31.3. The Balaban J connectivity index is 2.19. The quantitative estimate of drug-likeness (QED) is 0.923. The minimum atomic E-state index is -1.16. The van der Waals surface area contributed by atoms with E-state index in [-0.39, 0.29) is 23.6 Å². The van der Waals surface area contributed by atoms with Gasteiger partial charge in [0, 0.05) is 12.3 Å². The van der Waals surface area contributed by atoms with Gasteiger partial charge < -0.3 is 9.84 Å². The first-order valence-electron chi connectivity index (χ1n) is 5.33. The Morgan fingerprint density at radius 3 is 2.84 bits per heavy atom. The van der Waals surface area contributed by atoms with Gasteiger partial charge in [-0.15, -0.1) is 0 Å². The number of carboxylic acids is 1. The third-order valence-electron chi connectivity index (χ3n) is 2.38. The van der Waals surface area contributed by atoms with Crippen LogP contribution in [0.1, 0.15) is 16.1 Å². The predicted molar refractivity (Wildman–Crippen MR) is 61.9 cm³/mol. The van der Waals surface area contributed by atoms with Gasteiger partial charge in [-0.3, -0.25) is 4.98 Å². The Kier molecular flexibility index (Phi) is 3.70. The standard InChI is InChI=1S/C13H9F2NO3/c14-8-3-4-10(15)12(6-8)19-7-11-9(13(17)18)2-1-5-16-11/h1-6H,7H2,(H,17,18). The number of hydrogen-bond donors (Lipinski definition) is 1. The fourth-order valence-electron chi connectivity index (χ4n) is 1.48. The Hall–Kier alpha value is -2.50. The van der Waals surface area contributed by atoms with Crippen LogP contribution in [0, 0.1) is 11.6 Å². The molecule has 1 heterocycles. The normalized spacial score (nSPS) is 10.2. The van der Waals surface area contributed by atoms with Gasteiger partial charge >= 0.3 is 5.97 Å². The number of rotatable bonds is 4. The first-order valence-corrected chi connectivity index (χ1v) is 5.33. The molecule has 1 aromatic heterocycles. The lowest BCUT2D eigenvalue weighted by molar-refractivity contribution is 0.0693. The molecule has 0 unspecified atom stereocenters. The summed E-state index contributed by atoms with van der Waals surface area (Å²) in [6.45, 7) is -0.261. The van der Waals surface area contributed by atoms with Crippen LogP contribution in [-0.2, 0) is 6.61 Å². The molecule has 2 rings (SSSR count). The number of carbonyl (C=O) groups is 1. The van der Waals surface area contributed by atoms with E-state index in [1.807, 2.05) is 0 Å². The van der Waals surface area contributed by atoms with E-state index < -0.39 is 17.6 Å². The Labute approximate surface area is 107 Å². The lowest BCUT2D eigenvalue weighted by Crippen LogP contribution is -2.08. The fraction of sp³-hybridized carbons (Fsp3) is 0.0769. The van der Waals surface area contributed by atoms with E-state index in [9.17, 15) is 13.6 Å². The number of halogens is 2. The van der Waals surface area contributed by atoms with Crippen molar-refractivity contribution in [2.24, 2.45) is 0 Å². The molecule has 0 aliphatic heterocycles. The van der Waals surface area contributed by atoms with Crippen LogP contribution in [0.4, 0.5) is 8.78 Å². The van der Waals surface area contributed by atoms with E-state index in [4.69, 9.17) is 9.84 Å². The van der Waals surface area contributed by atoms with Gasteiger partial charge in [-0.05, 0) is 24.3 Å². The molecule has 1 aromatic carbocycles. The maximum Gasteiger partial charge on any atom is 0.337 e. The topological polar surface area (TPSA) is 59.4 Å². The zero-order valence-electron chi connectivity index (χ0n) is 9.64. The van der Waals surface area contributed by atoms with Crippen LogP contribution in [0.5, 0.6) is 5.75 Å². The molecular formula is C13H9F2NO3. The molecular weight excluding hydrogens is 256 g/mol. The highest BCUT2D eigenvalue weighted by Crippen LogP contribution is 2.19. The smallest absolute Gasteiger partial charge is 0.337 e. The van der Waals surface area contributed by atoms with E-state index in [2.05, 4.69) is 4.98 Å². The summed E-state index contributed by atoms with van der Waals surface area (Å²) in [5.41, 5.74) is 0.0953. The fourth-order valence-corrected chi connectivity index (χ4v) is 1.48. The predicted octanol–water partition coefficient (Wildman–Crippen LogP) is 2.64. The third-order valence-corrected chi connectivity index (χ3v) is 2.38. The highest BCUT2D eigenvalue weighted by atomic mass is 19.1. The molecule has 0 fully saturated rings. The molecule has 6 heteroatoms. The van der Waals surface area contributed by atoms with Crippen molar-refractivity contribution in [2.45, 2.75) is 6.61 Å². The van der Waals surface area contributed by atoms with Crippen molar-refractivity contribution in [3.8, 4) is 5.75 Å². The minimum absolute atomic E-state index is 0.0423. The van der Waals surface area contributed by atoms with Gasteiger partial charge in [0.2, 0.25) is 0 Å². The molecule has 0 aliphatic rings. The maximum atomic E-state index is 13.3. The van der Waals surface area contributed by atoms with Crippen molar-refractivity contribution < 1.29 is 23.4 Å². The zero-order chi connectivity index (χ0) is 13.8. The van der Waals surface area contributed by atoms with Crippen molar-refractivity contribution >= 4 is 5.97 Å². The number of pyridine rings is 1. The number of ether oxygens (including phenoxy) is 1. The summed E-state index contributed by atoms with van der Waals surface area (Å²) in [6, 6.07) is 5.61. The highest BCUT2D eigenvalue weighted by Gasteiger charge is 2.12. The van der Waals surface area contributed by atoms with Gasteiger partial charge in [0.05, 0.1) is 11.3 Å². The third kappa shape index (κ3) is 3.04. The molecule has 19 heavy (non-hydrogen) atoms. The molecule has 0 bridgehead atoms. The van der Waals surface area contributed by atoms with Crippen LogP contribution in [0.15, 0.2) is 36.5 Å². The summed E-state index contributed by atoms with van der Waals surface area (Å²) in [5.74, 6) is -2.82. The second kappa shape index (κ2) is 5.43. The molecule has 0 atom stereocenters. The van der Waals surface area contributed by atoms with Gasteiger partial charge in [0.25, 0.3) is 0 Å². The molecule has 0 amide bonds. The summed E-state index contributed by atoms with van der Waals surface area (Å²) >= 11 is 0. The molecule has 1 N–H and O–H groups in total. The van der Waals surface area contributed by atoms with Gasteiger partial charge in [-0.25, -0.2) is 13.6 Å². The summed E-state index contributed by atoms with van der Waals surface area (Å²) in [6.07, 6.45) is 1.40. The number of aromatic carboxylic acids is 1. The van der Waals surface area contributed by atoms with E-state index in [0.717, 1.165) is 18.2 Å². The number of nitrogens with zero attached hydrogens (tertiary/aromatic N) is 1. The second-order valence-electron chi connectivity index (χ2n) is 3.67. The van der Waals surface area contributed by atoms with Crippen LogP contribution in [0.3, 0.4) is 0 Å². The molecule has 4 nitrogen and oxygen atoms in total. The SMILES string of the molecule is O=C(O)c1cccnc1COc1cc(F)ccc1F. The summed E-state index contributed by atoms with van der Waals surface area (Å²) in [7, 11) is 0. The van der Waals surface area contributed by atoms with Gasteiger partial charge in [-0.2, -0.15) is 0 Å². The van der Waals surface area contributed by atoms with Gasteiger partial charge in [0.15, 0.2) is 11.6 Å². The largest absolute Gasteiger partial charge is 0.484 e. The Morgan fingerprint density at radius 1 is 1.32 bits per heavy atom. The number of carboxylic acid groups (broad SMARTS) is 1. The average Bonchev–Trinajstić information content (AvgIpc) is 2.40. The first-order chi connectivity index (χ1) is 9.08. The second-order valence-corrected chi connectivity index (χ2v) is 3.67. The lowest BCUT2D eigenvalue weighted by Gasteiger charge is -2.08. The first kappa shape index (κ1) is 12.9. The average molecular weight is 265 g/mol. The van der Waals surface area contributed by atoms with E-state index in [1.165, 1.54) is 18.3 Å². The Bertz CT molecular complexity index is 617. The maximum absolute atomic E-state index is 13.3. The van der Waals surface area contributed by atoms with Crippen LogP contribution >= 0.6 is 0 Å². The molecule has 0 radical (unpaired) electrons. The van der Waals surface area contributed by atoms with Crippen LogP contribution in [0.2, 0.25) is 0 Å². The number of hydrogen-bond acceptors (Lipinski definition) is 3. The molecule has 0 saturated heterocycles. The van der Waals surface area contributed by atoms with Crippen LogP contribution in [0.25, 0.3) is 0 Å². The van der Waals surface area contributed by atoms with Crippen LogP contribution in [-0.4, -0.2) is 16.1 Å². The van der Waals surface area contributed by atoms with Gasteiger partial charge in [0.1, 0.15) is 12.4 Å². The van der Waals surface area contributed by atoms with Gasteiger partial charge in [-0.1, -0.05) is 0 Å². The van der Waals surface area contributed by atoms with Crippen molar-refractivity contribution in [2.75, 3.05) is 0 Å². The zero-order valence-corrected chi connectivity index (χ0v) is 9.64. The van der Waals surface area contributed by atoms with Crippen molar-refractivity contribution in [1.29, 1.82) is 0 Å². The summed E-state index contributed by atoms with van der Waals surface area (Å²) in [5, 5.41) is 8.93. The molecule has 0 spiro atoms. The number of aromatic nitrogens is 1. The Morgan fingerprint density at radius 2 is 2.11 bits per heavy atom. The van der Waals surface area contributed by atoms with E-state index >= 15 is 0 Å². The minimum Gasteiger partial charge on any atom is -0.484 e. The van der Waals surface area contributed by atoms with E-state index in [1.54, 1.807) is 0 Å². The monoisotopic (exact) mass is 265 g/mol. The number of benzene rings is 1. The highest BCUT2D eigenvalue weighted by molar-refractivity contribution is 5.88. The van der Waals surface area contributed by atoms with Crippen molar-refractivity contribution in [3.63, 3.8) is 0 Å². The molecule has 0 aliphatic carbocycles. The molecule has 2 aromatic rings. The molecule has 0 saturated carbocycles. The summed E-state index contributed by atoms with van der Waals surface area (Å²) in [4.78, 5) is 14.8. The van der Waals surface area contributed by atoms with Crippen molar-refractivity contribution in [1.82, 2.24) is 4.98 Å². The van der Waals surface area contributed by atoms with Crippen molar-refractivity contribution in [3.05, 3.63) is 59.4 Å². The molecule has 98 valence electrons. The lowest BCUT2D eigenvalue weighted by atomic mass is 10.2. The van der Waals surface area contributed by atoms with E-state index in [0.29, 0.717) is 0 Å².